The van der Waals surface area contributed by atoms with E-state index in [4.69, 9.17) is 4.74 Å². The quantitative estimate of drug-likeness (QED) is 0.352. The van der Waals surface area contributed by atoms with Gasteiger partial charge < -0.3 is 9.64 Å². The van der Waals surface area contributed by atoms with Crippen LogP contribution in [-0.4, -0.2) is 34.8 Å². The van der Waals surface area contributed by atoms with E-state index in [2.05, 4.69) is 23.7 Å². The van der Waals surface area contributed by atoms with Gasteiger partial charge in [0.15, 0.2) is 0 Å². The van der Waals surface area contributed by atoms with Crippen LogP contribution >= 0.6 is 0 Å². The summed E-state index contributed by atoms with van der Waals surface area (Å²) in [6.07, 6.45) is -0.848. The van der Waals surface area contributed by atoms with Crippen molar-refractivity contribution < 1.29 is 17.9 Å². The maximum Gasteiger partial charge on any atom is 0.416 e. The smallest absolute Gasteiger partial charge is 0.372 e. The van der Waals surface area contributed by atoms with Crippen molar-refractivity contribution in [2.24, 2.45) is 0 Å². The van der Waals surface area contributed by atoms with E-state index in [0.717, 1.165) is 42.2 Å². The maximum atomic E-state index is 13.5. The number of pyridine rings is 2. The molecule has 2 aromatic heterocycles. The normalized spacial score (nSPS) is 18.6. The lowest BCUT2D eigenvalue weighted by Gasteiger charge is -2.36. The van der Waals surface area contributed by atoms with Gasteiger partial charge in [0.05, 0.1) is 28.9 Å². The molecular formula is C28H26F3N3O2. The van der Waals surface area contributed by atoms with E-state index in [1.165, 1.54) is 18.3 Å². The topological polar surface area (TPSA) is 47.4 Å². The molecule has 4 aromatic rings. The largest absolute Gasteiger partial charge is 0.416 e. The van der Waals surface area contributed by atoms with Gasteiger partial charge in [0.2, 0.25) is 0 Å². The van der Waals surface area contributed by atoms with Gasteiger partial charge in [-0.1, -0.05) is 12.1 Å². The first-order valence-electron chi connectivity index (χ1n) is 11.8. The highest BCUT2D eigenvalue weighted by molar-refractivity contribution is 5.96. The zero-order valence-electron chi connectivity index (χ0n) is 20.2. The number of rotatable bonds is 3. The number of morpholine rings is 1. The molecule has 3 heterocycles. The van der Waals surface area contributed by atoms with Crippen LogP contribution in [0.3, 0.4) is 0 Å². The van der Waals surface area contributed by atoms with E-state index in [1.54, 1.807) is 16.8 Å². The predicted molar refractivity (Wildman–Crippen MR) is 135 cm³/mol. The van der Waals surface area contributed by atoms with E-state index in [-0.39, 0.29) is 17.8 Å². The van der Waals surface area contributed by atoms with Crippen LogP contribution in [0.1, 0.15) is 25.0 Å². The summed E-state index contributed by atoms with van der Waals surface area (Å²) in [6, 6.07) is 14.4. The summed E-state index contributed by atoms with van der Waals surface area (Å²) in [5.41, 5.74) is 2.66. The standard InChI is InChI=1S/C28H26F3N3O2/c1-17-14-34(23-10-8-22(9-11-23)33-15-18(2)36-19(3)16-33)27(35)24-12-13-32-26(25(17)24)20-4-6-21(7-5-20)28(29,30)31/h4-14,18-19H,15-16H2,1-3H3/t18-,19+. The molecular weight excluding hydrogens is 467 g/mol. The van der Waals surface area contributed by atoms with Gasteiger partial charge in [0.25, 0.3) is 5.56 Å². The van der Waals surface area contributed by atoms with Crippen LogP contribution in [0.5, 0.6) is 0 Å². The first-order chi connectivity index (χ1) is 17.1. The lowest BCUT2D eigenvalue weighted by atomic mass is 10.0. The minimum absolute atomic E-state index is 0.145. The Hall–Kier alpha value is -3.65. The molecule has 0 saturated carbocycles. The third kappa shape index (κ3) is 4.48. The number of alkyl halides is 3. The number of halogens is 3. The second-order valence-electron chi connectivity index (χ2n) is 9.32. The van der Waals surface area contributed by atoms with Crippen molar-refractivity contribution in [2.45, 2.75) is 39.2 Å². The zero-order chi connectivity index (χ0) is 25.6. The molecule has 0 bridgehead atoms. The van der Waals surface area contributed by atoms with Crippen molar-refractivity contribution in [3.05, 3.63) is 88.5 Å². The molecule has 1 aliphatic heterocycles. The minimum atomic E-state index is -4.41. The first kappa shape index (κ1) is 24.1. The van der Waals surface area contributed by atoms with Gasteiger partial charge in [0, 0.05) is 47.8 Å². The summed E-state index contributed by atoms with van der Waals surface area (Å²) in [6.45, 7) is 7.60. The predicted octanol–water partition coefficient (Wildman–Crippen LogP) is 5.99. The highest BCUT2D eigenvalue weighted by Crippen LogP contribution is 2.33. The third-order valence-corrected chi connectivity index (χ3v) is 6.52. The van der Waals surface area contributed by atoms with Gasteiger partial charge in [-0.05, 0) is 68.8 Å². The third-order valence-electron chi connectivity index (χ3n) is 6.52. The van der Waals surface area contributed by atoms with Gasteiger partial charge in [0.1, 0.15) is 0 Å². The second kappa shape index (κ2) is 9.09. The minimum Gasteiger partial charge on any atom is -0.372 e. The van der Waals surface area contributed by atoms with E-state index in [0.29, 0.717) is 22.0 Å². The Morgan fingerprint density at radius 1 is 0.917 bits per heavy atom. The number of benzene rings is 2. The van der Waals surface area contributed by atoms with E-state index < -0.39 is 11.7 Å². The summed E-state index contributed by atoms with van der Waals surface area (Å²) in [7, 11) is 0. The summed E-state index contributed by atoms with van der Waals surface area (Å²) < 4.78 is 46.4. The number of ether oxygens (including phenoxy) is 1. The van der Waals surface area contributed by atoms with Crippen LogP contribution in [0, 0.1) is 6.92 Å². The van der Waals surface area contributed by atoms with E-state index >= 15 is 0 Å². The van der Waals surface area contributed by atoms with Crippen LogP contribution in [0.4, 0.5) is 18.9 Å². The molecule has 0 N–H and O–H groups in total. The number of hydrogen-bond acceptors (Lipinski definition) is 4. The Balaban J connectivity index is 1.53. The van der Waals surface area contributed by atoms with Crippen molar-refractivity contribution in [3.63, 3.8) is 0 Å². The van der Waals surface area contributed by atoms with E-state index in [9.17, 15) is 18.0 Å². The van der Waals surface area contributed by atoms with Crippen molar-refractivity contribution in [1.29, 1.82) is 0 Å². The van der Waals surface area contributed by atoms with Crippen LogP contribution in [-0.2, 0) is 10.9 Å². The van der Waals surface area contributed by atoms with Crippen LogP contribution in [0.2, 0.25) is 0 Å². The van der Waals surface area contributed by atoms with Crippen LogP contribution < -0.4 is 10.5 Å². The highest BCUT2D eigenvalue weighted by atomic mass is 19.4. The number of hydrogen-bond donors (Lipinski definition) is 0. The second-order valence-corrected chi connectivity index (χ2v) is 9.32. The molecule has 0 radical (unpaired) electrons. The molecule has 1 saturated heterocycles. The van der Waals surface area contributed by atoms with Gasteiger partial charge in [-0.3, -0.25) is 14.3 Å². The highest BCUT2D eigenvalue weighted by Gasteiger charge is 2.30. The summed E-state index contributed by atoms with van der Waals surface area (Å²) >= 11 is 0. The molecule has 8 heteroatoms. The fraction of sp³-hybridized carbons (Fsp3) is 0.286. The first-order valence-corrected chi connectivity index (χ1v) is 11.8. The number of fused-ring (bicyclic) bond motifs is 1. The molecule has 0 unspecified atom stereocenters. The van der Waals surface area contributed by atoms with Crippen LogP contribution in [0.25, 0.3) is 27.7 Å². The summed E-state index contributed by atoms with van der Waals surface area (Å²) in [5.74, 6) is 0. The SMILES string of the molecule is Cc1cn(-c2ccc(N3C[C@@H](C)O[C@@H](C)C3)cc2)c(=O)c2ccnc(-c3ccc(C(F)(F)F)cc3)c12. The Bertz CT molecular complexity index is 1450. The Morgan fingerprint density at radius 3 is 2.14 bits per heavy atom. The number of aromatic nitrogens is 2. The monoisotopic (exact) mass is 493 g/mol. The number of anilines is 1. The Morgan fingerprint density at radius 2 is 1.53 bits per heavy atom. The van der Waals surface area contributed by atoms with Crippen molar-refractivity contribution in [1.82, 2.24) is 9.55 Å². The van der Waals surface area contributed by atoms with Gasteiger partial charge in [-0.2, -0.15) is 13.2 Å². The van der Waals surface area contributed by atoms with Gasteiger partial charge in [-0.15, -0.1) is 0 Å². The molecule has 2 atom stereocenters. The zero-order valence-corrected chi connectivity index (χ0v) is 20.2. The molecule has 0 amide bonds. The van der Waals surface area contributed by atoms with Gasteiger partial charge >= 0.3 is 6.18 Å². The maximum absolute atomic E-state index is 13.5. The van der Waals surface area contributed by atoms with E-state index in [1.807, 2.05) is 31.2 Å². The number of aryl methyl sites for hydroxylation is 1. The number of nitrogens with zero attached hydrogens (tertiary/aromatic N) is 3. The molecule has 2 aromatic carbocycles. The Labute approximate surface area is 206 Å². The lowest BCUT2D eigenvalue weighted by Crippen LogP contribution is -2.45. The fourth-order valence-corrected chi connectivity index (χ4v) is 4.93. The average molecular weight is 494 g/mol. The molecule has 1 aliphatic rings. The summed E-state index contributed by atoms with van der Waals surface area (Å²) in [5, 5.41) is 1.09. The molecule has 5 rings (SSSR count). The fourth-order valence-electron chi connectivity index (χ4n) is 4.93. The molecule has 36 heavy (non-hydrogen) atoms. The molecule has 1 fully saturated rings. The molecule has 5 nitrogen and oxygen atoms in total. The lowest BCUT2D eigenvalue weighted by molar-refractivity contribution is -0.137. The Kier molecular flexibility index (Phi) is 6.08. The van der Waals surface area contributed by atoms with Gasteiger partial charge in [-0.25, -0.2) is 0 Å². The molecule has 0 aliphatic carbocycles. The van der Waals surface area contributed by atoms with Crippen molar-refractivity contribution in [3.8, 4) is 16.9 Å². The molecule has 186 valence electrons. The van der Waals surface area contributed by atoms with Crippen molar-refractivity contribution in [2.75, 3.05) is 18.0 Å². The average Bonchev–Trinajstić information content (AvgIpc) is 2.85. The van der Waals surface area contributed by atoms with Crippen molar-refractivity contribution >= 4 is 16.5 Å². The molecule has 0 spiro atoms. The summed E-state index contributed by atoms with van der Waals surface area (Å²) in [4.78, 5) is 20.2. The van der Waals surface area contributed by atoms with Crippen LogP contribution in [0.15, 0.2) is 71.8 Å².